The first-order valence-corrected chi connectivity index (χ1v) is 6.64. The Labute approximate surface area is 114 Å². The molecule has 0 saturated carbocycles. The fourth-order valence-corrected chi connectivity index (χ4v) is 1.92. The quantitative estimate of drug-likeness (QED) is 0.759. The first-order valence-electron chi connectivity index (χ1n) is 5.66. The first kappa shape index (κ1) is 16.1. The molecule has 1 rings (SSSR count). The van der Waals surface area contributed by atoms with E-state index in [0.29, 0.717) is 11.3 Å². The summed E-state index contributed by atoms with van der Waals surface area (Å²) in [5, 5.41) is 12.6. The van der Waals surface area contributed by atoms with Crippen molar-refractivity contribution in [1.29, 1.82) is 0 Å². The Morgan fingerprint density at radius 3 is 2.79 bits per heavy atom. The average Bonchev–Trinajstić information content (AvgIpc) is 2.37. The average molecular weight is 295 g/mol. The number of hydrogen-bond acceptors (Lipinski definition) is 4. The second kappa shape index (κ2) is 7.62. The van der Waals surface area contributed by atoms with E-state index in [0.717, 1.165) is 0 Å². The van der Waals surface area contributed by atoms with Crippen LogP contribution in [0.4, 0.5) is 13.2 Å². The minimum Gasteiger partial charge on any atom is -0.497 e. The van der Waals surface area contributed by atoms with Crippen molar-refractivity contribution in [3.8, 4) is 5.75 Å². The van der Waals surface area contributed by atoms with E-state index in [2.05, 4.69) is 5.32 Å². The van der Waals surface area contributed by atoms with Crippen molar-refractivity contribution in [2.75, 3.05) is 26.0 Å². The molecular formula is C12H16F3NO2S. The van der Waals surface area contributed by atoms with Crippen LogP contribution in [-0.2, 0) is 0 Å². The van der Waals surface area contributed by atoms with Gasteiger partial charge in [-0.3, -0.25) is 0 Å². The van der Waals surface area contributed by atoms with E-state index in [1.807, 2.05) is 0 Å². The van der Waals surface area contributed by atoms with Crippen LogP contribution in [0.3, 0.4) is 0 Å². The summed E-state index contributed by atoms with van der Waals surface area (Å²) in [6, 6.07) is 6.93. The molecule has 0 aliphatic rings. The van der Waals surface area contributed by atoms with Crippen LogP contribution >= 0.6 is 11.8 Å². The molecule has 0 aromatic heterocycles. The van der Waals surface area contributed by atoms with Crippen molar-refractivity contribution < 1.29 is 23.0 Å². The number of methoxy groups -OCH3 is 1. The van der Waals surface area contributed by atoms with Gasteiger partial charge in [-0.15, -0.1) is 0 Å². The standard InChI is InChI=1S/C12H16F3NO2S/c1-18-10-4-2-3-9(7-10)11(17)8-16-5-6-19-12(13,14)15/h2-4,7,11,16-17H,5-6,8H2,1H3. The third-order valence-corrected chi connectivity index (χ3v) is 3.10. The number of hydrogen-bond donors (Lipinski definition) is 2. The molecule has 0 amide bonds. The molecule has 1 aromatic rings. The number of thioether (sulfide) groups is 1. The third-order valence-electron chi connectivity index (χ3n) is 2.36. The Bertz CT molecular complexity index is 387. The van der Waals surface area contributed by atoms with Gasteiger partial charge in [0.05, 0.1) is 13.2 Å². The fraction of sp³-hybridized carbons (Fsp3) is 0.500. The molecule has 0 fully saturated rings. The van der Waals surface area contributed by atoms with Crippen LogP contribution < -0.4 is 10.1 Å². The molecule has 0 spiro atoms. The second-order valence-electron chi connectivity index (χ2n) is 3.79. The van der Waals surface area contributed by atoms with E-state index in [1.165, 1.54) is 7.11 Å². The largest absolute Gasteiger partial charge is 0.497 e. The summed E-state index contributed by atoms with van der Waals surface area (Å²) < 4.78 is 40.6. The highest BCUT2D eigenvalue weighted by atomic mass is 32.2. The van der Waals surface area contributed by atoms with E-state index in [9.17, 15) is 18.3 Å². The van der Waals surface area contributed by atoms with Crippen molar-refractivity contribution in [3.63, 3.8) is 0 Å². The van der Waals surface area contributed by atoms with Gasteiger partial charge in [-0.2, -0.15) is 13.2 Å². The summed E-state index contributed by atoms with van der Waals surface area (Å²) in [4.78, 5) is 0. The minimum absolute atomic E-state index is 0.0751. The number of alkyl halides is 3. The SMILES string of the molecule is COc1cccc(C(O)CNCCSC(F)(F)F)c1. The Kier molecular flexibility index (Phi) is 6.47. The van der Waals surface area contributed by atoms with Gasteiger partial charge in [-0.05, 0) is 29.5 Å². The van der Waals surface area contributed by atoms with E-state index in [1.54, 1.807) is 24.3 Å². The zero-order valence-electron chi connectivity index (χ0n) is 10.4. The molecule has 0 aliphatic heterocycles. The van der Waals surface area contributed by atoms with E-state index < -0.39 is 11.6 Å². The third kappa shape index (κ3) is 6.70. The highest BCUT2D eigenvalue weighted by molar-refractivity contribution is 8.00. The number of halogens is 3. The Hall–Kier alpha value is -0.920. The van der Waals surface area contributed by atoms with Gasteiger partial charge in [0.1, 0.15) is 5.75 Å². The fourth-order valence-electron chi connectivity index (χ4n) is 1.44. The Morgan fingerprint density at radius 2 is 2.16 bits per heavy atom. The van der Waals surface area contributed by atoms with Gasteiger partial charge in [0.15, 0.2) is 0 Å². The maximum atomic E-state index is 11.9. The van der Waals surface area contributed by atoms with Crippen molar-refractivity contribution in [2.24, 2.45) is 0 Å². The van der Waals surface area contributed by atoms with Gasteiger partial charge < -0.3 is 15.2 Å². The lowest BCUT2D eigenvalue weighted by Gasteiger charge is -2.13. The topological polar surface area (TPSA) is 41.5 Å². The number of aliphatic hydroxyl groups excluding tert-OH is 1. The molecular weight excluding hydrogens is 279 g/mol. The van der Waals surface area contributed by atoms with Crippen LogP contribution in [0.15, 0.2) is 24.3 Å². The summed E-state index contributed by atoms with van der Waals surface area (Å²) in [7, 11) is 1.53. The highest BCUT2D eigenvalue weighted by Crippen LogP contribution is 2.29. The molecule has 1 aromatic carbocycles. The number of rotatable bonds is 7. The van der Waals surface area contributed by atoms with Gasteiger partial charge in [0, 0.05) is 18.8 Å². The van der Waals surface area contributed by atoms with Crippen LogP contribution in [0.5, 0.6) is 5.75 Å². The summed E-state index contributed by atoms with van der Waals surface area (Å²) in [5.41, 5.74) is -3.54. The summed E-state index contributed by atoms with van der Waals surface area (Å²) in [6.07, 6.45) is -0.772. The molecule has 108 valence electrons. The molecule has 1 unspecified atom stereocenters. The molecule has 0 radical (unpaired) electrons. The van der Waals surface area contributed by atoms with E-state index in [4.69, 9.17) is 4.74 Å². The molecule has 19 heavy (non-hydrogen) atoms. The highest BCUT2D eigenvalue weighted by Gasteiger charge is 2.27. The lowest BCUT2D eigenvalue weighted by molar-refractivity contribution is -0.0327. The lowest BCUT2D eigenvalue weighted by atomic mass is 10.1. The van der Waals surface area contributed by atoms with Gasteiger partial charge in [-0.1, -0.05) is 12.1 Å². The summed E-state index contributed by atoms with van der Waals surface area (Å²) >= 11 is -0.0770. The van der Waals surface area contributed by atoms with Crippen LogP contribution in [0.2, 0.25) is 0 Å². The first-order chi connectivity index (χ1) is 8.92. The monoisotopic (exact) mass is 295 g/mol. The van der Waals surface area contributed by atoms with Crippen molar-refractivity contribution in [1.82, 2.24) is 5.32 Å². The maximum absolute atomic E-state index is 11.9. The zero-order valence-corrected chi connectivity index (χ0v) is 11.2. The van der Waals surface area contributed by atoms with Crippen LogP contribution in [0.25, 0.3) is 0 Å². The molecule has 2 N–H and O–H groups in total. The van der Waals surface area contributed by atoms with Gasteiger partial charge in [0.2, 0.25) is 0 Å². The number of aliphatic hydroxyl groups is 1. The van der Waals surface area contributed by atoms with Crippen LogP contribution in [0, 0.1) is 0 Å². The lowest BCUT2D eigenvalue weighted by Crippen LogP contribution is -2.24. The normalized spacial score (nSPS) is 13.3. The molecule has 1 atom stereocenters. The molecule has 7 heteroatoms. The van der Waals surface area contributed by atoms with Crippen molar-refractivity contribution in [3.05, 3.63) is 29.8 Å². The minimum atomic E-state index is -4.20. The summed E-state index contributed by atoms with van der Waals surface area (Å²) in [6.45, 7) is 0.386. The predicted molar refractivity (Wildman–Crippen MR) is 69.3 cm³/mol. The Morgan fingerprint density at radius 1 is 1.42 bits per heavy atom. The number of ether oxygens (including phenoxy) is 1. The molecule has 0 aliphatic carbocycles. The van der Waals surface area contributed by atoms with Crippen molar-refractivity contribution in [2.45, 2.75) is 11.6 Å². The molecule has 0 bridgehead atoms. The van der Waals surface area contributed by atoms with Gasteiger partial charge in [0.25, 0.3) is 0 Å². The summed E-state index contributed by atoms with van der Waals surface area (Å²) in [5.74, 6) is 0.554. The Balaban J connectivity index is 2.29. The van der Waals surface area contributed by atoms with Crippen molar-refractivity contribution >= 4 is 11.8 Å². The predicted octanol–water partition coefficient (Wildman–Crippen LogP) is 2.57. The second-order valence-corrected chi connectivity index (χ2v) is 4.95. The molecule has 0 saturated heterocycles. The zero-order chi connectivity index (χ0) is 14.3. The van der Waals surface area contributed by atoms with Gasteiger partial charge in [-0.25, -0.2) is 0 Å². The maximum Gasteiger partial charge on any atom is 0.441 e. The smallest absolute Gasteiger partial charge is 0.441 e. The van der Waals surface area contributed by atoms with Gasteiger partial charge >= 0.3 is 5.51 Å². The number of nitrogens with one attached hydrogen (secondary N) is 1. The number of benzene rings is 1. The van der Waals surface area contributed by atoms with Crippen LogP contribution in [0.1, 0.15) is 11.7 Å². The van der Waals surface area contributed by atoms with E-state index >= 15 is 0 Å². The molecule has 0 heterocycles. The van der Waals surface area contributed by atoms with E-state index in [-0.39, 0.29) is 30.6 Å². The molecule has 3 nitrogen and oxygen atoms in total. The van der Waals surface area contributed by atoms with Crippen LogP contribution in [-0.4, -0.2) is 36.6 Å².